The number of hydrogen-bond acceptors (Lipinski definition) is 2. The van der Waals surface area contributed by atoms with Crippen molar-refractivity contribution in [3.05, 3.63) is 35.4 Å². The molecule has 0 aromatic heterocycles. The molecule has 0 spiro atoms. The van der Waals surface area contributed by atoms with Crippen molar-refractivity contribution in [2.24, 2.45) is 5.41 Å². The van der Waals surface area contributed by atoms with E-state index in [0.29, 0.717) is 11.5 Å². The molecule has 1 saturated heterocycles. The second-order valence-electron chi connectivity index (χ2n) is 6.39. The molecule has 0 bridgehead atoms. The summed E-state index contributed by atoms with van der Waals surface area (Å²) in [6.45, 7) is 10.7. The van der Waals surface area contributed by atoms with E-state index in [2.05, 4.69) is 57.3 Å². The van der Waals surface area contributed by atoms with Gasteiger partial charge in [0.15, 0.2) is 0 Å². The highest BCUT2D eigenvalue weighted by molar-refractivity contribution is 5.23. The number of nitrogens with one attached hydrogen (secondary N) is 1. The standard InChI is InChI=1S/C16H25NO/c1-12-5-7-13(8-6-12)14-11-17-15(9-10-18-14)16(2,3)4/h5-8,14-15,17H,9-11H2,1-4H3. The van der Waals surface area contributed by atoms with Crippen LogP contribution in [0.15, 0.2) is 24.3 Å². The second kappa shape index (κ2) is 5.41. The Bertz CT molecular complexity index is 377. The third kappa shape index (κ3) is 3.33. The number of rotatable bonds is 1. The van der Waals surface area contributed by atoms with Gasteiger partial charge in [0.25, 0.3) is 0 Å². The zero-order chi connectivity index (χ0) is 13.2. The van der Waals surface area contributed by atoms with E-state index in [-0.39, 0.29) is 6.10 Å². The average molecular weight is 247 g/mol. The Morgan fingerprint density at radius 2 is 1.83 bits per heavy atom. The fourth-order valence-corrected chi connectivity index (χ4v) is 2.47. The Morgan fingerprint density at radius 3 is 2.44 bits per heavy atom. The number of ether oxygens (including phenoxy) is 1. The van der Waals surface area contributed by atoms with Crippen LogP contribution in [0.2, 0.25) is 0 Å². The Kier molecular flexibility index (Phi) is 4.08. The first-order valence-corrected chi connectivity index (χ1v) is 6.88. The minimum absolute atomic E-state index is 0.193. The molecule has 1 aliphatic rings. The molecule has 2 atom stereocenters. The van der Waals surface area contributed by atoms with Gasteiger partial charge in [0, 0.05) is 19.2 Å². The van der Waals surface area contributed by atoms with Crippen molar-refractivity contribution < 1.29 is 4.74 Å². The zero-order valence-corrected chi connectivity index (χ0v) is 12.0. The first kappa shape index (κ1) is 13.6. The van der Waals surface area contributed by atoms with Gasteiger partial charge >= 0.3 is 0 Å². The predicted octanol–water partition coefficient (Wildman–Crippen LogP) is 3.46. The molecule has 1 aliphatic heterocycles. The molecule has 1 heterocycles. The van der Waals surface area contributed by atoms with Crippen molar-refractivity contribution in [1.82, 2.24) is 5.32 Å². The molecule has 2 heteroatoms. The average Bonchev–Trinajstić information content (AvgIpc) is 2.55. The summed E-state index contributed by atoms with van der Waals surface area (Å²) in [5.74, 6) is 0. The van der Waals surface area contributed by atoms with E-state index in [1.54, 1.807) is 0 Å². The second-order valence-corrected chi connectivity index (χ2v) is 6.39. The molecule has 1 aromatic rings. The van der Waals surface area contributed by atoms with Crippen molar-refractivity contribution in [3.63, 3.8) is 0 Å². The smallest absolute Gasteiger partial charge is 0.0949 e. The minimum atomic E-state index is 0.193. The molecule has 0 amide bonds. The van der Waals surface area contributed by atoms with Crippen LogP contribution < -0.4 is 5.32 Å². The van der Waals surface area contributed by atoms with Gasteiger partial charge in [-0.15, -0.1) is 0 Å². The topological polar surface area (TPSA) is 21.3 Å². The Labute approximate surface area is 111 Å². The fourth-order valence-electron chi connectivity index (χ4n) is 2.47. The van der Waals surface area contributed by atoms with Crippen LogP contribution in [0.4, 0.5) is 0 Å². The minimum Gasteiger partial charge on any atom is -0.372 e. The SMILES string of the molecule is Cc1ccc(C2CNC(C(C)(C)C)CCO2)cc1. The summed E-state index contributed by atoms with van der Waals surface area (Å²) in [6, 6.07) is 9.21. The summed E-state index contributed by atoms with van der Waals surface area (Å²) in [7, 11) is 0. The molecule has 1 aromatic carbocycles. The zero-order valence-electron chi connectivity index (χ0n) is 12.0. The molecule has 2 nitrogen and oxygen atoms in total. The lowest BCUT2D eigenvalue weighted by Gasteiger charge is -2.30. The Balaban J connectivity index is 2.03. The molecule has 100 valence electrons. The maximum atomic E-state index is 5.99. The molecule has 0 aliphatic carbocycles. The van der Waals surface area contributed by atoms with E-state index in [4.69, 9.17) is 4.74 Å². The summed E-state index contributed by atoms with van der Waals surface area (Å²) in [6.07, 6.45) is 1.28. The van der Waals surface area contributed by atoms with Crippen molar-refractivity contribution in [3.8, 4) is 0 Å². The molecular weight excluding hydrogens is 222 g/mol. The monoisotopic (exact) mass is 247 g/mol. The first-order valence-electron chi connectivity index (χ1n) is 6.88. The van der Waals surface area contributed by atoms with Crippen LogP contribution >= 0.6 is 0 Å². The molecule has 1 fully saturated rings. The number of benzene rings is 1. The maximum absolute atomic E-state index is 5.99. The van der Waals surface area contributed by atoms with Gasteiger partial charge in [-0.25, -0.2) is 0 Å². The largest absolute Gasteiger partial charge is 0.372 e. The van der Waals surface area contributed by atoms with Crippen molar-refractivity contribution in [2.45, 2.75) is 46.3 Å². The van der Waals surface area contributed by atoms with Crippen LogP contribution in [-0.2, 0) is 4.74 Å². The van der Waals surface area contributed by atoms with Gasteiger partial charge in [0.2, 0.25) is 0 Å². The highest BCUT2D eigenvalue weighted by Crippen LogP contribution is 2.27. The first-order chi connectivity index (χ1) is 8.47. The summed E-state index contributed by atoms with van der Waals surface area (Å²) >= 11 is 0. The quantitative estimate of drug-likeness (QED) is 0.820. The normalized spacial score (nSPS) is 25.8. The molecule has 2 rings (SSSR count). The maximum Gasteiger partial charge on any atom is 0.0949 e. The van der Waals surface area contributed by atoms with E-state index < -0.39 is 0 Å². The van der Waals surface area contributed by atoms with E-state index in [0.717, 1.165) is 19.6 Å². The molecular formula is C16H25NO. The highest BCUT2D eigenvalue weighted by atomic mass is 16.5. The summed E-state index contributed by atoms with van der Waals surface area (Å²) < 4.78 is 5.99. The van der Waals surface area contributed by atoms with Gasteiger partial charge in [0.1, 0.15) is 0 Å². The van der Waals surface area contributed by atoms with Crippen LogP contribution in [0, 0.1) is 12.3 Å². The Hall–Kier alpha value is -0.860. The van der Waals surface area contributed by atoms with Crippen molar-refractivity contribution in [2.75, 3.05) is 13.2 Å². The fraction of sp³-hybridized carbons (Fsp3) is 0.625. The predicted molar refractivity (Wildman–Crippen MR) is 75.7 cm³/mol. The molecule has 2 unspecified atom stereocenters. The van der Waals surface area contributed by atoms with Gasteiger partial charge < -0.3 is 10.1 Å². The Morgan fingerprint density at radius 1 is 1.17 bits per heavy atom. The van der Waals surface area contributed by atoms with Gasteiger partial charge in [-0.2, -0.15) is 0 Å². The van der Waals surface area contributed by atoms with Crippen LogP contribution in [-0.4, -0.2) is 19.2 Å². The molecule has 18 heavy (non-hydrogen) atoms. The van der Waals surface area contributed by atoms with Crippen LogP contribution in [0.5, 0.6) is 0 Å². The highest BCUT2D eigenvalue weighted by Gasteiger charge is 2.28. The van der Waals surface area contributed by atoms with E-state index in [1.807, 2.05) is 0 Å². The lowest BCUT2D eigenvalue weighted by atomic mass is 9.85. The van der Waals surface area contributed by atoms with E-state index in [1.165, 1.54) is 11.1 Å². The summed E-state index contributed by atoms with van der Waals surface area (Å²) in [5.41, 5.74) is 2.88. The van der Waals surface area contributed by atoms with Crippen molar-refractivity contribution in [1.29, 1.82) is 0 Å². The van der Waals surface area contributed by atoms with Gasteiger partial charge in [-0.3, -0.25) is 0 Å². The van der Waals surface area contributed by atoms with Crippen LogP contribution in [0.1, 0.15) is 44.4 Å². The van der Waals surface area contributed by atoms with Crippen LogP contribution in [0.25, 0.3) is 0 Å². The third-order valence-corrected chi connectivity index (χ3v) is 3.77. The number of aryl methyl sites for hydroxylation is 1. The third-order valence-electron chi connectivity index (χ3n) is 3.77. The van der Waals surface area contributed by atoms with Crippen LogP contribution in [0.3, 0.4) is 0 Å². The van der Waals surface area contributed by atoms with Gasteiger partial charge in [0.05, 0.1) is 6.10 Å². The van der Waals surface area contributed by atoms with E-state index in [9.17, 15) is 0 Å². The van der Waals surface area contributed by atoms with Gasteiger partial charge in [-0.1, -0.05) is 50.6 Å². The van der Waals surface area contributed by atoms with Gasteiger partial charge in [-0.05, 0) is 24.3 Å². The lowest BCUT2D eigenvalue weighted by molar-refractivity contribution is 0.0654. The molecule has 0 radical (unpaired) electrons. The molecule has 0 saturated carbocycles. The number of hydrogen-bond donors (Lipinski definition) is 1. The lowest BCUT2D eigenvalue weighted by Crippen LogP contribution is -2.40. The molecule has 1 N–H and O–H groups in total. The van der Waals surface area contributed by atoms with E-state index >= 15 is 0 Å². The van der Waals surface area contributed by atoms with Crippen molar-refractivity contribution >= 4 is 0 Å². The summed E-state index contributed by atoms with van der Waals surface area (Å²) in [5, 5.41) is 3.66. The summed E-state index contributed by atoms with van der Waals surface area (Å²) in [4.78, 5) is 0.